The smallest absolute Gasteiger partial charge is 0.178 e. The summed E-state index contributed by atoms with van der Waals surface area (Å²) in [6, 6.07) is 11.2. The molecule has 4 nitrogen and oxygen atoms in total. The maximum Gasteiger partial charge on any atom is 0.178 e. The van der Waals surface area contributed by atoms with E-state index in [1.807, 2.05) is 24.3 Å². The second kappa shape index (κ2) is 6.82. The lowest BCUT2D eigenvalue weighted by Crippen LogP contribution is -1.96. The van der Waals surface area contributed by atoms with Gasteiger partial charge in [-0.25, -0.2) is 4.98 Å². The summed E-state index contributed by atoms with van der Waals surface area (Å²) >= 11 is 0. The summed E-state index contributed by atoms with van der Waals surface area (Å²) < 4.78 is 10.7. The van der Waals surface area contributed by atoms with Crippen molar-refractivity contribution < 1.29 is 14.3 Å². The maximum absolute atomic E-state index is 11.1. The molecule has 0 bridgehead atoms. The number of methoxy groups -OCH3 is 1. The second-order valence-electron chi connectivity index (χ2n) is 4.42. The third-order valence-corrected chi connectivity index (χ3v) is 2.85. The molecular weight excluding hydrogens is 254 g/mol. The van der Waals surface area contributed by atoms with E-state index in [0.717, 1.165) is 12.2 Å². The highest BCUT2D eigenvalue weighted by Gasteiger charge is 2.02. The van der Waals surface area contributed by atoms with Gasteiger partial charge in [-0.05, 0) is 36.2 Å². The topological polar surface area (TPSA) is 48.4 Å². The Kier molecular flexibility index (Phi) is 4.85. The van der Waals surface area contributed by atoms with Crippen molar-refractivity contribution >= 4 is 5.78 Å². The lowest BCUT2D eigenvalue weighted by atomic mass is 10.1. The molecule has 0 atom stereocenters. The molecule has 0 saturated carbocycles. The summed E-state index contributed by atoms with van der Waals surface area (Å²) in [5.74, 6) is 1.29. The van der Waals surface area contributed by atoms with Gasteiger partial charge < -0.3 is 9.47 Å². The molecule has 20 heavy (non-hydrogen) atoms. The maximum atomic E-state index is 11.1. The third-order valence-electron chi connectivity index (χ3n) is 2.85. The van der Waals surface area contributed by atoms with Crippen molar-refractivity contribution in [2.24, 2.45) is 0 Å². The van der Waals surface area contributed by atoms with Crippen molar-refractivity contribution in [3.63, 3.8) is 0 Å². The number of ketones is 1. The lowest BCUT2D eigenvalue weighted by molar-refractivity contribution is 0.101. The van der Waals surface area contributed by atoms with Crippen molar-refractivity contribution in [3.8, 4) is 11.5 Å². The van der Waals surface area contributed by atoms with Crippen LogP contribution in [-0.2, 0) is 11.2 Å². The van der Waals surface area contributed by atoms with Gasteiger partial charge in [-0.15, -0.1) is 0 Å². The number of rotatable bonds is 6. The molecule has 0 unspecified atom stereocenters. The lowest BCUT2D eigenvalue weighted by Gasteiger charge is -2.07. The fraction of sp³-hybridized carbons (Fsp3) is 0.250. The van der Waals surface area contributed by atoms with E-state index in [1.165, 1.54) is 12.5 Å². The molecule has 0 aliphatic heterocycles. The summed E-state index contributed by atoms with van der Waals surface area (Å²) in [5, 5.41) is 0. The minimum atomic E-state index is -0.0564. The molecule has 0 radical (unpaired) electrons. The Morgan fingerprint density at radius 3 is 2.35 bits per heavy atom. The van der Waals surface area contributed by atoms with Gasteiger partial charge in [-0.2, -0.15) is 0 Å². The van der Waals surface area contributed by atoms with Gasteiger partial charge in [-0.3, -0.25) is 4.79 Å². The van der Waals surface area contributed by atoms with Crippen molar-refractivity contribution in [1.82, 2.24) is 4.98 Å². The average molecular weight is 271 g/mol. The Bertz CT molecular complexity index is 561. The molecule has 2 rings (SSSR count). The van der Waals surface area contributed by atoms with Crippen LogP contribution >= 0.6 is 0 Å². The summed E-state index contributed by atoms with van der Waals surface area (Å²) in [6.07, 6.45) is 2.43. The number of hydrogen-bond acceptors (Lipinski definition) is 4. The number of Topliss-reactive ketones (excluding diaryl/α,β-unsaturated/α-hetero) is 1. The highest BCUT2D eigenvalue weighted by atomic mass is 16.5. The van der Waals surface area contributed by atoms with E-state index in [-0.39, 0.29) is 5.78 Å². The number of pyridine rings is 1. The van der Waals surface area contributed by atoms with Crippen LogP contribution in [0.4, 0.5) is 0 Å². The van der Waals surface area contributed by atoms with E-state index < -0.39 is 0 Å². The molecule has 1 aromatic heterocycles. The molecule has 2 aromatic rings. The Labute approximate surface area is 118 Å². The van der Waals surface area contributed by atoms with Gasteiger partial charge in [0.2, 0.25) is 0 Å². The predicted octanol–water partition coefficient (Wildman–Crippen LogP) is 3.27. The normalized spacial score (nSPS) is 10.3. The quantitative estimate of drug-likeness (QED) is 0.757. The van der Waals surface area contributed by atoms with Crippen molar-refractivity contribution in [1.29, 1.82) is 0 Å². The minimum Gasteiger partial charge on any atom is -0.456 e. The van der Waals surface area contributed by atoms with Crippen LogP contribution in [0.5, 0.6) is 11.5 Å². The summed E-state index contributed by atoms with van der Waals surface area (Å²) in [6.45, 7) is 2.19. The first-order valence-electron chi connectivity index (χ1n) is 6.42. The molecule has 1 aromatic carbocycles. The first-order chi connectivity index (χ1) is 9.69. The molecule has 0 amide bonds. The predicted molar refractivity (Wildman–Crippen MR) is 76.3 cm³/mol. The number of carbonyl (C=O) groups excluding carboxylic acids is 1. The Balaban J connectivity index is 2.00. The van der Waals surface area contributed by atoms with E-state index >= 15 is 0 Å². The summed E-state index contributed by atoms with van der Waals surface area (Å²) in [7, 11) is 1.69. The number of hydrogen-bond donors (Lipinski definition) is 0. The van der Waals surface area contributed by atoms with Crippen LogP contribution in [-0.4, -0.2) is 24.5 Å². The van der Waals surface area contributed by atoms with Gasteiger partial charge >= 0.3 is 0 Å². The van der Waals surface area contributed by atoms with Crippen molar-refractivity contribution in [2.75, 3.05) is 13.7 Å². The van der Waals surface area contributed by atoms with E-state index in [1.54, 1.807) is 25.4 Å². The number of ether oxygens (including phenoxy) is 2. The van der Waals surface area contributed by atoms with Gasteiger partial charge in [0, 0.05) is 14.0 Å². The van der Waals surface area contributed by atoms with Crippen LogP contribution in [0.2, 0.25) is 0 Å². The number of carbonyl (C=O) groups is 1. The minimum absolute atomic E-state index is 0.0564. The molecule has 0 fully saturated rings. The first-order valence-corrected chi connectivity index (χ1v) is 6.42. The zero-order valence-electron chi connectivity index (χ0n) is 11.6. The van der Waals surface area contributed by atoms with Gasteiger partial charge in [-0.1, -0.05) is 12.1 Å². The third kappa shape index (κ3) is 3.90. The molecule has 0 saturated heterocycles. The van der Waals surface area contributed by atoms with Crippen LogP contribution in [0.25, 0.3) is 0 Å². The Hall–Kier alpha value is -2.20. The molecule has 0 N–H and O–H groups in total. The molecule has 1 heterocycles. The first kappa shape index (κ1) is 14.2. The molecule has 0 aliphatic carbocycles. The Morgan fingerprint density at radius 2 is 1.80 bits per heavy atom. The van der Waals surface area contributed by atoms with Crippen LogP contribution in [0.15, 0.2) is 42.6 Å². The Morgan fingerprint density at radius 1 is 1.10 bits per heavy atom. The molecular formula is C16H17NO3. The average Bonchev–Trinajstić information content (AvgIpc) is 2.47. The molecule has 104 valence electrons. The fourth-order valence-electron chi connectivity index (χ4n) is 1.73. The number of benzene rings is 1. The van der Waals surface area contributed by atoms with E-state index in [0.29, 0.717) is 18.1 Å². The number of aromatic nitrogens is 1. The van der Waals surface area contributed by atoms with Gasteiger partial charge in [0.15, 0.2) is 5.78 Å². The second-order valence-corrected chi connectivity index (χ2v) is 4.42. The fourth-order valence-corrected chi connectivity index (χ4v) is 1.73. The van der Waals surface area contributed by atoms with E-state index in [9.17, 15) is 4.79 Å². The van der Waals surface area contributed by atoms with Crippen molar-refractivity contribution in [2.45, 2.75) is 13.3 Å². The van der Waals surface area contributed by atoms with Crippen LogP contribution in [0.3, 0.4) is 0 Å². The van der Waals surface area contributed by atoms with Crippen LogP contribution in [0, 0.1) is 0 Å². The van der Waals surface area contributed by atoms with Crippen molar-refractivity contribution in [3.05, 3.63) is 53.9 Å². The highest BCUT2D eigenvalue weighted by molar-refractivity contribution is 5.92. The largest absolute Gasteiger partial charge is 0.456 e. The number of nitrogens with zero attached hydrogens (tertiary/aromatic N) is 1. The van der Waals surface area contributed by atoms with Gasteiger partial charge in [0.1, 0.15) is 17.2 Å². The zero-order valence-corrected chi connectivity index (χ0v) is 11.6. The SMILES string of the molecule is COCCc1ccc(Oc2ccc(C(C)=O)nc2)cc1. The van der Waals surface area contributed by atoms with Crippen LogP contribution in [0.1, 0.15) is 23.0 Å². The standard InChI is InChI=1S/C16H17NO3/c1-12(18)16-8-7-15(11-17-16)20-14-5-3-13(4-6-14)9-10-19-2/h3-8,11H,9-10H2,1-2H3. The zero-order chi connectivity index (χ0) is 14.4. The highest BCUT2D eigenvalue weighted by Crippen LogP contribution is 2.21. The van der Waals surface area contributed by atoms with Gasteiger partial charge in [0.05, 0.1) is 12.8 Å². The van der Waals surface area contributed by atoms with Gasteiger partial charge in [0.25, 0.3) is 0 Å². The molecule has 0 aliphatic rings. The molecule has 0 spiro atoms. The monoisotopic (exact) mass is 271 g/mol. The summed E-state index contributed by atoms with van der Waals surface area (Å²) in [4.78, 5) is 15.2. The van der Waals surface area contributed by atoms with E-state index in [4.69, 9.17) is 9.47 Å². The molecule has 4 heteroatoms. The van der Waals surface area contributed by atoms with E-state index in [2.05, 4.69) is 4.98 Å². The van der Waals surface area contributed by atoms with Crippen LogP contribution < -0.4 is 4.74 Å². The summed E-state index contributed by atoms with van der Waals surface area (Å²) in [5.41, 5.74) is 1.64.